The topological polar surface area (TPSA) is 58.5 Å². The number of guanidine groups is 1. The van der Waals surface area contributed by atoms with Crippen molar-refractivity contribution >= 4 is 29.9 Å². The molecule has 1 aromatic heterocycles. The van der Waals surface area contributed by atoms with Gasteiger partial charge in [-0.2, -0.15) is 0 Å². The fourth-order valence-corrected chi connectivity index (χ4v) is 2.63. The molecule has 0 saturated heterocycles. The van der Waals surface area contributed by atoms with Crippen LogP contribution in [0.5, 0.6) is 5.75 Å². The lowest BCUT2D eigenvalue weighted by Gasteiger charge is -2.13. The summed E-state index contributed by atoms with van der Waals surface area (Å²) in [4.78, 5) is 9.06. The van der Waals surface area contributed by atoms with Crippen molar-refractivity contribution in [3.8, 4) is 5.75 Å². The van der Waals surface area contributed by atoms with E-state index in [1.54, 1.807) is 0 Å². The van der Waals surface area contributed by atoms with Gasteiger partial charge in [0.15, 0.2) is 5.96 Å². The number of pyridine rings is 1. The van der Waals surface area contributed by atoms with Crippen LogP contribution in [0.1, 0.15) is 31.0 Å². The van der Waals surface area contributed by atoms with Crippen LogP contribution in [0.15, 0.2) is 53.7 Å². The van der Waals surface area contributed by atoms with E-state index in [1.165, 1.54) is 12.8 Å². The monoisotopic (exact) mass is 480 g/mol. The van der Waals surface area contributed by atoms with Crippen LogP contribution in [0.3, 0.4) is 0 Å². The molecule has 0 spiro atoms. The molecule has 6 heteroatoms. The third-order valence-corrected chi connectivity index (χ3v) is 4.30. The molecule has 1 aliphatic rings. The molecule has 1 saturated carbocycles. The first-order valence-electron chi connectivity index (χ1n) is 9.48. The molecule has 0 aliphatic heterocycles. The van der Waals surface area contributed by atoms with Gasteiger partial charge in [-0.3, -0.25) is 4.98 Å². The number of rotatable bonds is 9. The number of nitrogens with one attached hydrogen (secondary N) is 2. The largest absolute Gasteiger partial charge is 0.493 e. The molecule has 27 heavy (non-hydrogen) atoms. The minimum absolute atomic E-state index is 0. The highest BCUT2D eigenvalue weighted by Crippen LogP contribution is 2.30. The molecule has 1 aliphatic carbocycles. The summed E-state index contributed by atoms with van der Waals surface area (Å²) in [5, 5.41) is 6.67. The van der Waals surface area contributed by atoms with Crippen molar-refractivity contribution in [2.24, 2.45) is 10.9 Å². The quantitative estimate of drug-likeness (QED) is 0.326. The minimum atomic E-state index is 0. The van der Waals surface area contributed by atoms with Gasteiger partial charge in [-0.1, -0.05) is 24.3 Å². The Morgan fingerprint density at radius 3 is 2.70 bits per heavy atom. The van der Waals surface area contributed by atoms with Crippen LogP contribution in [0.25, 0.3) is 0 Å². The molecule has 1 aromatic carbocycles. The van der Waals surface area contributed by atoms with E-state index < -0.39 is 0 Å². The molecule has 0 bridgehead atoms. The molecule has 0 unspecified atom stereocenters. The summed E-state index contributed by atoms with van der Waals surface area (Å²) in [5.41, 5.74) is 2.20. The lowest BCUT2D eigenvalue weighted by molar-refractivity contribution is 0.297. The van der Waals surface area contributed by atoms with Gasteiger partial charge in [-0.25, -0.2) is 4.99 Å². The van der Waals surface area contributed by atoms with Gasteiger partial charge < -0.3 is 15.4 Å². The normalized spacial score (nSPS) is 13.6. The highest BCUT2D eigenvalue weighted by atomic mass is 127. The standard InChI is InChI=1S/C21H28N4O.HI/c1-2-22-21(24-14-12-19-8-5-6-13-23-19)25-15-18-7-3-4-9-20(18)26-16-17-10-11-17;/h3-9,13,17H,2,10-12,14-16H2,1H3,(H2,22,24,25);1H. The zero-order chi connectivity index (χ0) is 18.0. The first-order chi connectivity index (χ1) is 12.8. The van der Waals surface area contributed by atoms with Crippen molar-refractivity contribution in [3.05, 3.63) is 59.9 Å². The lowest BCUT2D eigenvalue weighted by atomic mass is 10.2. The lowest BCUT2D eigenvalue weighted by Crippen LogP contribution is -2.38. The van der Waals surface area contributed by atoms with E-state index in [9.17, 15) is 0 Å². The van der Waals surface area contributed by atoms with Crippen LogP contribution in [0, 0.1) is 5.92 Å². The highest BCUT2D eigenvalue weighted by Gasteiger charge is 2.22. The summed E-state index contributed by atoms with van der Waals surface area (Å²) in [6.07, 6.45) is 5.29. The number of aromatic nitrogens is 1. The van der Waals surface area contributed by atoms with Crippen molar-refractivity contribution < 1.29 is 4.74 Å². The van der Waals surface area contributed by atoms with Gasteiger partial charge in [-0.15, -0.1) is 24.0 Å². The molecular formula is C21H29IN4O. The third-order valence-electron chi connectivity index (χ3n) is 4.30. The van der Waals surface area contributed by atoms with E-state index in [-0.39, 0.29) is 24.0 Å². The number of halogens is 1. The number of para-hydroxylation sites is 1. The maximum atomic E-state index is 5.97. The van der Waals surface area contributed by atoms with E-state index in [0.29, 0.717) is 6.54 Å². The number of ether oxygens (including phenoxy) is 1. The summed E-state index contributed by atoms with van der Waals surface area (Å²) in [5.74, 6) is 2.52. The smallest absolute Gasteiger partial charge is 0.191 e. The molecular weight excluding hydrogens is 451 g/mol. The molecule has 2 N–H and O–H groups in total. The van der Waals surface area contributed by atoms with Gasteiger partial charge >= 0.3 is 0 Å². The van der Waals surface area contributed by atoms with Crippen molar-refractivity contribution in [1.29, 1.82) is 0 Å². The van der Waals surface area contributed by atoms with Gasteiger partial charge in [-0.05, 0) is 43.9 Å². The molecule has 2 aromatic rings. The Morgan fingerprint density at radius 2 is 1.96 bits per heavy atom. The second-order valence-electron chi connectivity index (χ2n) is 6.56. The molecule has 0 radical (unpaired) electrons. The zero-order valence-electron chi connectivity index (χ0n) is 15.9. The van der Waals surface area contributed by atoms with Crippen molar-refractivity contribution in [2.45, 2.75) is 32.7 Å². The number of nitrogens with zero attached hydrogens (tertiary/aromatic N) is 2. The number of aliphatic imine (C=N–C) groups is 1. The number of benzene rings is 1. The number of hydrogen-bond donors (Lipinski definition) is 2. The highest BCUT2D eigenvalue weighted by molar-refractivity contribution is 14.0. The van der Waals surface area contributed by atoms with Gasteiger partial charge in [0.2, 0.25) is 0 Å². The van der Waals surface area contributed by atoms with Crippen LogP contribution in [0.2, 0.25) is 0 Å². The summed E-state index contributed by atoms with van der Waals surface area (Å²) >= 11 is 0. The molecule has 1 fully saturated rings. The van der Waals surface area contributed by atoms with Gasteiger partial charge in [0.05, 0.1) is 13.2 Å². The predicted molar refractivity (Wildman–Crippen MR) is 121 cm³/mol. The molecule has 3 rings (SSSR count). The summed E-state index contributed by atoms with van der Waals surface area (Å²) in [7, 11) is 0. The summed E-state index contributed by atoms with van der Waals surface area (Å²) in [6, 6.07) is 14.2. The Balaban J connectivity index is 0.00000261. The summed E-state index contributed by atoms with van der Waals surface area (Å²) < 4.78 is 5.97. The van der Waals surface area contributed by atoms with Gasteiger partial charge in [0.1, 0.15) is 5.75 Å². The van der Waals surface area contributed by atoms with E-state index in [4.69, 9.17) is 9.73 Å². The second kappa shape index (κ2) is 11.8. The van der Waals surface area contributed by atoms with Crippen LogP contribution < -0.4 is 15.4 Å². The Kier molecular flexibility index (Phi) is 9.38. The van der Waals surface area contributed by atoms with E-state index >= 15 is 0 Å². The maximum absolute atomic E-state index is 5.97. The average molecular weight is 480 g/mol. The minimum Gasteiger partial charge on any atom is -0.493 e. The van der Waals surface area contributed by atoms with E-state index in [0.717, 1.165) is 55.0 Å². The van der Waals surface area contributed by atoms with Crippen LogP contribution in [-0.2, 0) is 13.0 Å². The Bertz CT molecular complexity index is 704. The Hall–Kier alpha value is -1.83. The van der Waals surface area contributed by atoms with Crippen molar-refractivity contribution in [2.75, 3.05) is 19.7 Å². The van der Waals surface area contributed by atoms with Crippen molar-refractivity contribution in [1.82, 2.24) is 15.6 Å². The van der Waals surface area contributed by atoms with Crippen LogP contribution in [-0.4, -0.2) is 30.6 Å². The maximum Gasteiger partial charge on any atom is 0.191 e. The fraction of sp³-hybridized carbons (Fsp3) is 0.429. The zero-order valence-corrected chi connectivity index (χ0v) is 18.2. The van der Waals surface area contributed by atoms with Gasteiger partial charge in [0.25, 0.3) is 0 Å². The van der Waals surface area contributed by atoms with Crippen LogP contribution >= 0.6 is 24.0 Å². The van der Waals surface area contributed by atoms with Crippen molar-refractivity contribution in [3.63, 3.8) is 0 Å². The molecule has 5 nitrogen and oxygen atoms in total. The first kappa shape index (κ1) is 21.5. The molecule has 1 heterocycles. The Morgan fingerprint density at radius 1 is 1.15 bits per heavy atom. The third kappa shape index (κ3) is 7.74. The van der Waals surface area contributed by atoms with Gasteiger partial charge in [0, 0.05) is 37.0 Å². The average Bonchev–Trinajstić information content (AvgIpc) is 3.50. The summed E-state index contributed by atoms with van der Waals surface area (Å²) in [6.45, 7) is 5.11. The molecule has 0 amide bonds. The van der Waals surface area contributed by atoms with Crippen LogP contribution in [0.4, 0.5) is 0 Å². The molecule has 146 valence electrons. The van der Waals surface area contributed by atoms with E-state index in [1.807, 2.05) is 42.6 Å². The Labute approximate surface area is 179 Å². The first-order valence-corrected chi connectivity index (χ1v) is 9.48. The fourth-order valence-electron chi connectivity index (χ4n) is 2.63. The van der Waals surface area contributed by atoms with E-state index in [2.05, 4.69) is 28.6 Å². The second-order valence-corrected chi connectivity index (χ2v) is 6.56. The molecule has 0 atom stereocenters. The predicted octanol–water partition coefficient (Wildman–Crippen LogP) is 3.79. The number of hydrogen-bond acceptors (Lipinski definition) is 3. The SMILES string of the molecule is CCNC(=NCc1ccccc1OCC1CC1)NCCc1ccccn1.I.